The van der Waals surface area contributed by atoms with Gasteiger partial charge >= 0.3 is 0 Å². The third-order valence-corrected chi connectivity index (χ3v) is 2.29. The molecule has 0 saturated heterocycles. The first-order valence-corrected chi connectivity index (χ1v) is 3.99. The van der Waals surface area contributed by atoms with E-state index in [1.807, 2.05) is 20.8 Å². The van der Waals surface area contributed by atoms with Crippen LogP contribution in [0.3, 0.4) is 0 Å². The lowest BCUT2D eigenvalue weighted by atomic mass is 9.71. The highest BCUT2D eigenvalue weighted by Crippen LogP contribution is 2.32. The van der Waals surface area contributed by atoms with Crippen LogP contribution < -0.4 is 0 Å². The highest BCUT2D eigenvalue weighted by Gasteiger charge is 2.38. The van der Waals surface area contributed by atoms with Crippen LogP contribution in [-0.4, -0.2) is 11.6 Å². The first-order chi connectivity index (χ1) is 4.93. The van der Waals surface area contributed by atoms with Crippen LogP contribution in [0.1, 0.15) is 33.6 Å². The van der Waals surface area contributed by atoms with Crippen molar-refractivity contribution >= 4 is 11.6 Å². The van der Waals surface area contributed by atoms with Crippen LogP contribution in [0.25, 0.3) is 0 Å². The molecule has 1 rings (SSSR count). The van der Waals surface area contributed by atoms with E-state index in [9.17, 15) is 9.59 Å². The minimum absolute atomic E-state index is 0.0637. The fourth-order valence-corrected chi connectivity index (χ4v) is 1.75. The molecule has 0 unspecified atom stereocenters. The molecule has 1 atom stereocenters. The number of hydrogen-bond acceptors (Lipinski definition) is 2. The highest BCUT2D eigenvalue weighted by molar-refractivity contribution is 5.98. The van der Waals surface area contributed by atoms with Gasteiger partial charge in [0.05, 0.1) is 0 Å². The lowest BCUT2D eigenvalue weighted by molar-refractivity contribution is -0.141. The molecule has 0 aromatic heterocycles. The van der Waals surface area contributed by atoms with E-state index in [4.69, 9.17) is 0 Å². The molecule has 1 fully saturated rings. The van der Waals surface area contributed by atoms with Crippen LogP contribution in [0, 0.1) is 11.3 Å². The molecule has 0 N–H and O–H groups in total. The van der Waals surface area contributed by atoms with Crippen molar-refractivity contribution in [2.75, 3.05) is 0 Å². The summed E-state index contributed by atoms with van der Waals surface area (Å²) in [6, 6.07) is 0. The summed E-state index contributed by atoms with van der Waals surface area (Å²) in [5, 5.41) is 0. The van der Waals surface area contributed by atoms with Crippen molar-refractivity contribution < 1.29 is 9.59 Å². The van der Waals surface area contributed by atoms with Gasteiger partial charge < -0.3 is 0 Å². The lowest BCUT2D eigenvalue weighted by Gasteiger charge is -2.30. The number of carbonyl (C=O) groups is 2. The second kappa shape index (κ2) is 2.43. The fourth-order valence-electron chi connectivity index (χ4n) is 1.75. The third kappa shape index (κ3) is 1.50. The Balaban J connectivity index is 2.83. The molecule has 0 bridgehead atoms. The van der Waals surface area contributed by atoms with Gasteiger partial charge in [-0.25, -0.2) is 0 Å². The van der Waals surface area contributed by atoms with Gasteiger partial charge in [0.1, 0.15) is 11.6 Å². The molecule has 0 aromatic carbocycles. The molecule has 0 amide bonds. The van der Waals surface area contributed by atoms with Crippen LogP contribution in [0.4, 0.5) is 0 Å². The summed E-state index contributed by atoms with van der Waals surface area (Å²) in [6.07, 6.45) is 0.873. The number of carbonyl (C=O) groups excluding carboxylic acids is 2. The van der Waals surface area contributed by atoms with E-state index >= 15 is 0 Å². The Morgan fingerprint density at radius 1 is 1.36 bits per heavy atom. The minimum Gasteiger partial charge on any atom is -0.300 e. The molecule has 0 aromatic rings. The predicted molar refractivity (Wildman–Crippen MR) is 42.2 cm³/mol. The summed E-state index contributed by atoms with van der Waals surface area (Å²) < 4.78 is 0. The van der Waals surface area contributed by atoms with Crippen molar-refractivity contribution in [1.82, 2.24) is 0 Å². The van der Waals surface area contributed by atoms with Gasteiger partial charge in [-0.15, -0.1) is 0 Å². The van der Waals surface area contributed by atoms with Crippen molar-refractivity contribution in [3.05, 3.63) is 0 Å². The van der Waals surface area contributed by atoms with Crippen LogP contribution in [0.2, 0.25) is 0 Å². The fraction of sp³-hybridized carbons (Fsp3) is 0.778. The van der Waals surface area contributed by atoms with Crippen molar-refractivity contribution in [1.29, 1.82) is 0 Å². The zero-order valence-electron chi connectivity index (χ0n) is 7.31. The largest absolute Gasteiger partial charge is 0.300 e. The molecule has 11 heavy (non-hydrogen) atoms. The van der Waals surface area contributed by atoms with E-state index < -0.39 is 5.41 Å². The molecule has 0 spiro atoms. The number of rotatable bonds is 0. The summed E-state index contributed by atoms with van der Waals surface area (Å²) >= 11 is 0. The number of Topliss-reactive ketones (excluding diaryl/α,β-unsaturated/α-hetero) is 2. The number of ketones is 2. The Labute approximate surface area is 67.0 Å². The third-order valence-electron chi connectivity index (χ3n) is 2.29. The van der Waals surface area contributed by atoms with Gasteiger partial charge in [0.15, 0.2) is 0 Å². The van der Waals surface area contributed by atoms with E-state index in [2.05, 4.69) is 0 Å². The Kier molecular flexibility index (Phi) is 1.87. The maximum atomic E-state index is 11.4. The van der Waals surface area contributed by atoms with Gasteiger partial charge in [-0.1, -0.05) is 20.8 Å². The van der Waals surface area contributed by atoms with Gasteiger partial charge in [-0.2, -0.15) is 0 Å². The van der Waals surface area contributed by atoms with Gasteiger partial charge in [-0.05, 0) is 0 Å². The van der Waals surface area contributed by atoms with Crippen molar-refractivity contribution in [3.8, 4) is 0 Å². The van der Waals surface area contributed by atoms with Crippen molar-refractivity contribution in [2.45, 2.75) is 33.6 Å². The topological polar surface area (TPSA) is 34.1 Å². The molecule has 2 heteroatoms. The summed E-state index contributed by atoms with van der Waals surface area (Å²) in [4.78, 5) is 22.5. The zero-order chi connectivity index (χ0) is 8.65. The summed E-state index contributed by atoms with van der Waals surface area (Å²) in [6.45, 7) is 5.53. The van der Waals surface area contributed by atoms with Crippen LogP contribution in [-0.2, 0) is 9.59 Å². The van der Waals surface area contributed by atoms with Crippen LogP contribution in [0.5, 0.6) is 0 Å². The maximum absolute atomic E-state index is 11.4. The molecule has 0 radical (unpaired) electrons. The Bertz CT molecular complexity index is 204. The highest BCUT2D eigenvalue weighted by atomic mass is 16.1. The molecule has 1 aliphatic carbocycles. The maximum Gasteiger partial charge on any atom is 0.142 e. The normalized spacial score (nSPS) is 30.6. The summed E-state index contributed by atoms with van der Waals surface area (Å²) in [5.41, 5.74) is -0.408. The molecular weight excluding hydrogens is 140 g/mol. The standard InChI is InChI=1S/C9H14O2/c1-6-4-7(10)5-9(2,3)8(6)11/h6H,4-5H2,1-3H3/t6-/m0/s1. The average Bonchev–Trinajstić information content (AvgIpc) is 1.81. The molecule has 0 heterocycles. The molecule has 62 valence electrons. The molecule has 2 nitrogen and oxygen atoms in total. The Morgan fingerprint density at radius 2 is 1.91 bits per heavy atom. The lowest BCUT2D eigenvalue weighted by Crippen LogP contribution is -2.38. The van der Waals surface area contributed by atoms with E-state index in [0.29, 0.717) is 12.8 Å². The summed E-state index contributed by atoms with van der Waals surface area (Å²) in [5.74, 6) is 0.394. The molecular formula is C9H14O2. The quantitative estimate of drug-likeness (QED) is 0.531. The van der Waals surface area contributed by atoms with Gasteiger partial charge in [0, 0.05) is 24.2 Å². The van der Waals surface area contributed by atoms with Crippen LogP contribution >= 0.6 is 0 Å². The predicted octanol–water partition coefficient (Wildman–Crippen LogP) is 1.58. The average molecular weight is 154 g/mol. The first kappa shape index (κ1) is 8.44. The summed E-state index contributed by atoms with van der Waals surface area (Å²) in [7, 11) is 0. The van der Waals surface area contributed by atoms with E-state index in [1.54, 1.807) is 0 Å². The van der Waals surface area contributed by atoms with E-state index in [-0.39, 0.29) is 17.5 Å². The van der Waals surface area contributed by atoms with Crippen LogP contribution in [0.15, 0.2) is 0 Å². The van der Waals surface area contributed by atoms with Gasteiger partial charge in [0.2, 0.25) is 0 Å². The smallest absolute Gasteiger partial charge is 0.142 e. The first-order valence-electron chi connectivity index (χ1n) is 3.99. The number of hydrogen-bond donors (Lipinski definition) is 0. The van der Waals surface area contributed by atoms with E-state index in [0.717, 1.165) is 0 Å². The second-order valence-electron chi connectivity index (χ2n) is 4.07. The zero-order valence-corrected chi connectivity index (χ0v) is 7.31. The molecule has 1 aliphatic rings. The monoisotopic (exact) mass is 154 g/mol. The van der Waals surface area contributed by atoms with E-state index in [1.165, 1.54) is 0 Å². The van der Waals surface area contributed by atoms with Crippen molar-refractivity contribution in [3.63, 3.8) is 0 Å². The van der Waals surface area contributed by atoms with Gasteiger partial charge in [0.25, 0.3) is 0 Å². The Hall–Kier alpha value is -0.660. The Morgan fingerprint density at radius 3 is 2.36 bits per heavy atom. The van der Waals surface area contributed by atoms with Crippen molar-refractivity contribution in [2.24, 2.45) is 11.3 Å². The SMILES string of the molecule is C[C@H]1CC(=O)CC(C)(C)C1=O. The molecule has 0 aliphatic heterocycles. The second-order valence-corrected chi connectivity index (χ2v) is 4.07. The van der Waals surface area contributed by atoms with Gasteiger partial charge in [-0.3, -0.25) is 9.59 Å². The molecule has 1 saturated carbocycles. The minimum atomic E-state index is -0.408.